The molecule has 0 aromatic heterocycles. The fraction of sp³-hybridized carbons (Fsp3) is 0.750. The van der Waals surface area contributed by atoms with E-state index in [0.717, 1.165) is 44.4 Å². The molecule has 60 heavy (non-hydrogen) atoms. The van der Waals surface area contributed by atoms with Crippen molar-refractivity contribution >= 4 is 37.5 Å². The SMILES string of the molecule is CCCCC/C=C\C\C=C/C=C/C=C/[C@@H](SC[C@H](N)C(=O)OC[C@H](COP(=O)(O)OC[C@@H](O)CO)OC(=O)CCCCCCCCCCC(C)CC)[C@@H](O)CCCC(=O)O. The molecule has 0 heterocycles. The maximum Gasteiger partial charge on any atom is 0.472 e. The number of hydrogen-bond donors (Lipinski definition) is 6. The molecule has 0 radical (unpaired) electrons. The number of unbranched alkanes of at least 4 members (excludes halogenated alkanes) is 10. The van der Waals surface area contributed by atoms with Crippen LogP contribution in [0.15, 0.2) is 48.6 Å². The Labute approximate surface area is 364 Å². The zero-order valence-electron chi connectivity index (χ0n) is 36.5. The van der Waals surface area contributed by atoms with Gasteiger partial charge in [-0.2, -0.15) is 0 Å². The largest absolute Gasteiger partial charge is 0.481 e. The van der Waals surface area contributed by atoms with Gasteiger partial charge in [0, 0.05) is 23.8 Å². The van der Waals surface area contributed by atoms with Gasteiger partial charge < -0.3 is 40.5 Å². The third kappa shape index (κ3) is 35.3. The molecular formula is C44H78NO13PS. The highest BCUT2D eigenvalue weighted by molar-refractivity contribution is 8.00. The van der Waals surface area contributed by atoms with Crippen LogP contribution in [0.25, 0.3) is 0 Å². The summed E-state index contributed by atoms with van der Waals surface area (Å²) in [7, 11) is -4.75. The minimum atomic E-state index is -4.75. The first kappa shape index (κ1) is 57.7. The first-order valence-electron chi connectivity index (χ1n) is 21.9. The first-order chi connectivity index (χ1) is 28.7. The van der Waals surface area contributed by atoms with Gasteiger partial charge in [-0.15, -0.1) is 11.8 Å². The van der Waals surface area contributed by atoms with Crippen molar-refractivity contribution < 1.29 is 62.8 Å². The number of ether oxygens (including phenoxy) is 2. The molecule has 0 aliphatic rings. The number of thioether (sulfide) groups is 1. The second-order valence-electron chi connectivity index (χ2n) is 15.2. The van der Waals surface area contributed by atoms with Crippen molar-refractivity contribution in [3.05, 3.63) is 48.6 Å². The van der Waals surface area contributed by atoms with E-state index < -0.39 is 81.8 Å². The van der Waals surface area contributed by atoms with E-state index in [-0.39, 0.29) is 31.4 Å². The van der Waals surface area contributed by atoms with Crippen molar-refractivity contribution in [1.82, 2.24) is 0 Å². The van der Waals surface area contributed by atoms with E-state index >= 15 is 0 Å². The van der Waals surface area contributed by atoms with Gasteiger partial charge in [-0.05, 0) is 44.4 Å². The minimum Gasteiger partial charge on any atom is -0.481 e. The number of carbonyl (C=O) groups is 3. The Balaban J connectivity index is 5.26. The molecule has 0 aliphatic carbocycles. The molecule has 7 atom stereocenters. The number of allylic oxidation sites excluding steroid dienone is 7. The highest BCUT2D eigenvalue weighted by Crippen LogP contribution is 2.43. The van der Waals surface area contributed by atoms with Crippen LogP contribution in [0, 0.1) is 5.92 Å². The molecule has 0 aliphatic heterocycles. The second-order valence-corrected chi connectivity index (χ2v) is 17.8. The first-order valence-corrected chi connectivity index (χ1v) is 24.5. The lowest BCUT2D eigenvalue weighted by Crippen LogP contribution is -2.38. The van der Waals surface area contributed by atoms with E-state index in [1.165, 1.54) is 63.1 Å². The van der Waals surface area contributed by atoms with Crippen LogP contribution in [0.4, 0.5) is 0 Å². The summed E-state index contributed by atoms with van der Waals surface area (Å²) in [4.78, 5) is 46.7. The van der Waals surface area contributed by atoms with E-state index in [0.29, 0.717) is 6.42 Å². The van der Waals surface area contributed by atoms with Crippen molar-refractivity contribution in [2.75, 3.05) is 32.2 Å². The molecule has 2 unspecified atom stereocenters. The second kappa shape index (κ2) is 38.4. The zero-order chi connectivity index (χ0) is 44.9. The zero-order valence-corrected chi connectivity index (χ0v) is 38.2. The van der Waals surface area contributed by atoms with Crippen LogP contribution in [0.2, 0.25) is 0 Å². The Morgan fingerprint density at radius 3 is 2.12 bits per heavy atom. The molecule has 0 saturated carbocycles. The smallest absolute Gasteiger partial charge is 0.472 e. The lowest BCUT2D eigenvalue weighted by Gasteiger charge is -2.22. The van der Waals surface area contributed by atoms with Crippen LogP contribution >= 0.6 is 19.6 Å². The number of phosphoric ester groups is 1. The number of rotatable bonds is 40. The van der Waals surface area contributed by atoms with Crippen LogP contribution < -0.4 is 5.73 Å². The highest BCUT2D eigenvalue weighted by Gasteiger charge is 2.28. The van der Waals surface area contributed by atoms with Gasteiger partial charge in [0.1, 0.15) is 18.8 Å². The van der Waals surface area contributed by atoms with Gasteiger partial charge in [0.2, 0.25) is 0 Å². The molecule has 0 bridgehead atoms. The van der Waals surface area contributed by atoms with Gasteiger partial charge in [-0.1, -0.05) is 140 Å². The third-order valence-electron chi connectivity index (χ3n) is 9.52. The van der Waals surface area contributed by atoms with Crippen LogP contribution in [-0.2, 0) is 37.5 Å². The summed E-state index contributed by atoms with van der Waals surface area (Å²) < 4.78 is 32.8. The quantitative estimate of drug-likeness (QED) is 0.0112. The topological polar surface area (TPSA) is 232 Å². The van der Waals surface area contributed by atoms with Gasteiger partial charge in [-0.3, -0.25) is 23.4 Å². The van der Waals surface area contributed by atoms with Gasteiger partial charge in [0.15, 0.2) is 6.10 Å². The van der Waals surface area contributed by atoms with Crippen molar-refractivity contribution in [3.63, 3.8) is 0 Å². The van der Waals surface area contributed by atoms with Crippen molar-refractivity contribution in [2.24, 2.45) is 11.7 Å². The Morgan fingerprint density at radius 2 is 1.45 bits per heavy atom. The number of aliphatic hydroxyl groups is 3. The Bertz CT molecular complexity index is 1280. The average Bonchev–Trinajstić information content (AvgIpc) is 3.22. The van der Waals surface area contributed by atoms with Gasteiger partial charge in [-0.25, -0.2) is 4.57 Å². The number of esters is 2. The van der Waals surface area contributed by atoms with E-state index in [9.17, 15) is 34.1 Å². The molecular weight excluding hydrogens is 814 g/mol. The maximum absolute atomic E-state index is 13.0. The number of hydrogen-bond acceptors (Lipinski definition) is 13. The van der Waals surface area contributed by atoms with E-state index in [1.807, 2.05) is 18.2 Å². The number of carboxylic acid groups (broad SMARTS) is 1. The summed E-state index contributed by atoms with van der Waals surface area (Å²) in [5.41, 5.74) is 6.15. The lowest BCUT2D eigenvalue weighted by molar-refractivity contribution is -0.161. The van der Waals surface area contributed by atoms with Crippen molar-refractivity contribution in [1.29, 1.82) is 0 Å². The fourth-order valence-corrected chi connectivity index (χ4v) is 7.50. The molecule has 0 saturated heterocycles. The molecule has 7 N–H and O–H groups in total. The minimum absolute atomic E-state index is 0.0178. The Kier molecular flexibility index (Phi) is 36.9. The fourth-order valence-electron chi connectivity index (χ4n) is 5.59. The predicted octanol–water partition coefficient (Wildman–Crippen LogP) is 8.12. The summed E-state index contributed by atoms with van der Waals surface area (Å²) in [6.07, 6.45) is 28.5. The van der Waals surface area contributed by atoms with Gasteiger partial charge >= 0.3 is 25.7 Å². The number of nitrogens with two attached hydrogens (primary N) is 1. The molecule has 0 fully saturated rings. The normalized spacial score (nSPS) is 16.3. The maximum atomic E-state index is 13.0. The predicted molar refractivity (Wildman–Crippen MR) is 238 cm³/mol. The Hall–Kier alpha value is -2.33. The molecule has 348 valence electrons. The van der Waals surface area contributed by atoms with Crippen LogP contribution in [0.1, 0.15) is 143 Å². The molecule has 0 rings (SSSR count). The van der Waals surface area contributed by atoms with Crippen molar-refractivity contribution in [3.8, 4) is 0 Å². The summed E-state index contributed by atoms with van der Waals surface area (Å²) in [6.45, 7) is 4.04. The van der Waals surface area contributed by atoms with Gasteiger partial charge in [0.05, 0.1) is 25.9 Å². The number of carboxylic acids is 1. The summed E-state index contributed by atoms with van der Waals surface area (Å²) in [6, 6.07) is -1.17. The molecule has 14 nitrogen and oxygen atoms in total. The molecule has 0 amide bonds. The van der Waals surface area contributed by atoms with Crippen molar-refractivity contribution in [2.45, 2.75) is 172 Å². The molecule has 0 aromatic carbocycles. The standard InChI is InChI=1S/C44H78NO13PS/c1-4-6-7-8-9-10-11-12-13-17-20-23-28-41(40(48)27-25-29-42(49)50)60-35-39(45)44(52)55-33-38(34-57-59(53,54)56-32-37(47)31-46)58-43(51)30-24-21-18-15-14-16-19-22-26-36(3)5-2/h9-10,12-13,17,20,23,28,36-41,46-48H,4-8,11,14-16,18-19,21-22,24-27,29-35,45H2,1-3H3,(H,49,50)(H,53,54)/b10-9-,13-12-,20-17+,28-23+/t36?,37-,38+,39-,40-,41+/m0/s1. The van der Waals surface area contributed by atoms with E-state index in [1.54, 1.807) is 18.2 Å². The van der Waals surface area contributed by atoms with E-state index in [4.69, 9.17) is 29.9 Å². The summed E-state index contributed by atoms with van der Waals surface area (Å²) in [5, 5.41) is 37.8. The average molecular weight is 892 g/mol. The third-order valence-corrected chi connectivity index (χ3v) is 11.9. The van der Waals surface area contributed by atoms with Crippen LogP contribution in [0.3, 0.4) is 0 Å². The number of aliphatic hydroxyl groups excluding tert-OH is 3. The molecule has 0 spiro atoms. The van der Waals surface area contributed by atoms with Crippen LogP contribution in [0.5, 0.6) is 0 Å². The number of aliphatic carboxylic acids is 1. The monoisotopic (exact) mass is 891 g/mol. The van der Waals surface area contributed by atoms with Gasteiger partial charge in [0.25, 0.3) is 0 Å². The van der Waals surface area contributed by atoms with E-state index in [2.05, 4.69) is 37.4 Å². The van der Waals surface area contributed by atoms with Crippen LogP contribution in [-0.4, -0.2) is 105 Å². The highest BCUT2D eigenvalue weighted by atomic mass is 32.2. The Morgan fingerprint density at radius 1 is 0.783 bits per heavy atom. The number of phosphoric acid groups is 1. The lowest BCUT2D eigenvalue weighted by atomic mass is 9.99. The molecule has 16 heteroatoms. The summed E-state index contributed by atoms with van der Waals surface area (Å²) >= 11 is 1.19. The molecule has 0 aromatic rings. The summed E-state index contributed by atoms with van der Waals surface area (Å²) in [5.74, 6) is -1.65. The number of carbonyl (C=O) groups excluding carboxylic acids is 2.